The Balaban J connectivity index is 2.15. The topological polar surface area (TPSA) is 49.4 Å². The number of nitrogens with zero attached hydrogens (tertiary/aromatic N) is 1. The number of sulfonamides is 1. The molecule has 0 unspecified atom stereocenters. The van der Waals surface area contributed by atoms with Crippen LogP contribution in [0.2, 0.25) is 0 Å². The molecule has 2 aromatic carbocycles. The predicted molar refractivity (Wildman–Crippen MR) is 92.2 cm³/mol. The molecule has 0 bridgehead atoms. The maximum Gasteiger partial charge on any atom is 0.240 e. The second-order valence-electron chi connectivity index (χ2n) is 5.34. The van der Waals surface area contributed by atoms with Gasteiger partial charge in [0.1, 0.15) is 5.82 Å². The Bertz CT molecular complexity index is 747. The standard InChI is InChI=1S/C16H18BrFN2O2S/c1-20(2)16(12-3-7-14(18)8-4-12)11-19-23(21,22)15-9-5-13(17)6-10-15/h3-10,16,19H,11H2,1-2H3/t16-/m0/s1. The van der Waals surface area contributed by atoms with Crippen LogP contribution in [0.5, 0.6) is 0 Å². The highest BCUT2D eigenvalue weighted by Crippen LogP contribution is 2.19. The lowest BCUT2D eigenvalue weighted by atomic mass is 10.1. The van der Waals surface area contributed by atoms with Crippen LogP contribution >= 0.6 is 15.9 Å². The van der Waals surface area contributed by atoms with E-state index in [0.717, 1.165) is 10.0 Å². The van der Waals surface area contributed by atoms with Gasteiger partial charge >= 0.3 is 0 Å². The molecule has 0 aliphatic heterocycles. The summed E-state index contributed by atoms with van der Waals surface area (Å²) in [5, 5.41) is 0. The van der Waals surface area contributed by atoms with Crippen LogP contribution in [0.3, 0.4) is 0 Å². The number of hydrogen-bond acceptors (Lipinski definition) is 3. The quantitative estimate of drug-likeness (QED) is 0.809. The van der Waals surface area contributed by atoms with Crippen molar-refractivity contribution in [2.45, 2.75) is 10.9 Å². The van der Waals surface area contributed by atoms with Crippen LogP contribution < -0.4 is 4.72 Å². The summed E-state index contributed by atoms with van der Waals surface area (Å²) in [7, 11) is 0.105. The Morgan fingerprint density at radius 3 is 2.17 bits per heavy atom. The molecule has 0 spiro atoms. The zero-order chi connectivity index (χ0) is 17.0. The largest absolute Gasteiger partial charge is 0.301 e. The summed E-state index contributed by atoms with van der Waals surface area (Å²) in [5.74, 6) is -0.318. The average molecular weight is 401 g/mol. The summed E-state index contributed by atoms with van der Waals surface area (Å²) in [4.78, 5) is 2.09. The lowest BCUT2D eigenvalue weighted by Gasteiger charge is -2.25. The molecule has 4 nitrogen and oxygen atoms in total. The molecule has 0 heterocycles. The SMILES string of the molecule is CN(C)[C@@H](CNS(=O)(=O)c1ccc(Br)cc1)c1ccc(F)cc1. The summed E-state index contributed by atoms with van der Waals surface area (Å²) in [6.45, 7) is 0.191. The van der Waals surface area contributed by atoms with E-state index in [1.165, 1.54) is 24.3 Å². The van der Waals surface area contributed by atoms with Crippen LogP contribution in [-0.4, -0.2) is 34.0 Å². The predicted octanol–water partition coefficient (Wildman–Crippen LogP) is 3.17. The Kier molecular flexibility index (Phi) is 5.91. The number of rotatable bonds is 6. The van der Waals surface area contributed by atoms with Crippen molar-refractivity contribution in [3.05, 3.63) is 64.4 Å². The first-order chi connectivity index (χ1) is 10.8. The first-order valence-electron chi connectivity index (χ1n) is 6.97. The normalized spacial score (nSPS) is 13.3. The number of likely N-dealkylation sites (N-methyl/N-ethyl adjacent to an activating group) is 1. The molecular formula is C16H18BrFN2O2S. The van der Waals surface area contributed by atoms with Crippen LogP contribution in [0.4, 0.5) is 4.39 Å². The Morgan fingerprint density at radius 1 is 1.09 bits per heavy atom. The Morgan fingerprint density at radius 2 is 1.65 bits per heavy atom. The van der Waals surface area contributed by atoms with Gasteiger partial charge in [-0.25, -0.2) is 17.5 Å². The third-order valence-electron chi connectivity index (χ3n) is 3.47. The van der Waals surface area contributed by atoms with E-state index in [1.807, 2.05) is 19.0 Å². The Hall–Kier alpha value is -1.28. The second-order valence-corrected chi connectivity index (χ2v) is 8.02. The van der Waals surface area contributed by atoms with E-state index in [-0.39, 0.29) is 23.3 Å². The molecule has 0 saturated heterocycles. The molecule has 0 saturated carbocycles. The fourth-order valence-corrected chi connectivity index (χ4v) is 3.47. The summed E-state index contributed by atoms with van der Waals surface area (Å²) in [6, 6.07) is 12.3. The van der Waals surface area contributed by atoms with E-state index < -0.39 is 10.0 Å². The second kappa shape index (κ2) is 7.53. The minimum atomic E-state index is -3.59. The first kappa shape index (κ1) is 18.1. The molecule has 0 amide bonds. The molecule has 0 aliphatic carbocycles. The maximum absolute atomic E-state index is 13.1. The van der Waals surface area contributed by atoms with Crippen LogP contribution in [0.1, 0.15) is 11.6 Å². The van der Waals surface area contributed by atoms with Crippen molar-refractivity contribution in [3.8, 4) is 0 Å². The van der Waals surface area contributed by atoms with Gasteiger partial charge in [0.05, 0.1) is 4.90 Å². The number of benzene rings is 2. The molecule has 0 fully saturated rings. The van der Waals surface area contributed by atoms with Crippen molar-refractivity contribution >= 4 is 26.0 Å². The highest BCUT2D eigenvalue weighted by atomic mass is 79.9. The lowest BCUT2D eigenvalue weighted by molar-refractivity contribution is 0.299. The third-order valence-corrected chi connectivity index (χ3v) is 5.44. The van der Waals surface area contributed by atoms with Crippen molar-refractivity contribution in [3.63, 3.8) is 0 Å². The van der Waals surface area contributed by atoms with Gasteiger partial charge in [-0.1, -0.05) is 28.1 Å². The van der Waals surface area contributed by atoms with Crippen molar-refractivity contribution in [2.24, 2.45) is 0 Å². The van der Waals surface area contributed by atoms with E-state index in [1.54, 1.807) is 24.3 Å². The van der Waals surface area contributed by atoms with E-state index in [0.29, 0.717) is 0 Å². The zero-order valence-corrected chi connectivity index (χ0v) is 15.2. The van der Waals surface area contributed by atoms with Crippen molar-refractivity contribution in [1.82, 2.24) is 9.62 Å². The van der Waals surface area contributed by atoms with E-state index >= 15 is 0 Å². The van der Waals surface area contributed by atoms with Gasteiger partial charge in [0.2, 0.25) is 10.0 Å². The lowest BCUT2D eigenvalue weighted by Crippen LogP contribution is -2.34. The zero-order valence-electron chi connectivity index (χ0n) is 12.8. The third kappa shape index (κ3) is 4.84. The Labute approximate surface area is 144 Å². The minimum absolute atomic E-state index is 0.191. The van der Waals surface area contributed by atoms with E-state index in [9.17, 15) is 12.8 Å². The highest BCUT2D eigenvalue weighted by Gasteiger charge is 2.19. The highest BCUT2D eigenvalue weighted by molar-refractivity contribution is 9.10. The van der Waals surface area contributed by atoms with Crippen molar-refractivity contribution < 1.29 is 12.8 Å². The molecule has 0 aromatic heterocycles. The molecule has 2 aromatic rings. The summed E-state index contributed by atoms with van der Waals surface area (Å²) in [6.07, 6.45) is 0. The van der Waals surface area contributed by atoms with Crippen LogP contribution in [0.25, 0.3) is 0 Å². The molecule has 1 N–H and O–H groups in total. The molecular weight excluding hydrogens is 383 g/mol. The number of hydrogen-bond donors (Lipinski definition) is 1. The van der Waals surface area contributed by atoms with Gasteiger partial charge in [0, 0.05) is 17.1 Å². The molecule has 124 valence electrons. The maximum atomic E-state index is 13.1. The summed E-state index contributed by atoms with van der Waals surface area (Å²) >= 11 is 3.28. The van der Waals surface area contributed by atoms with Crippen LogP contribution in [0, 0.1) is 5.82 Å². The summed E-state index contributed by atoms with van der Waals surface area (Å²) < 4.78 is 41.2. The van der Waals surface area contributed by atoms with Crippen molar-refractivity contribution in [2.75, 3.05) is 20.6 Å². The molecule has 2 rings (SSSR count). The van der Waals surface area contributed by atoms with Gasteiger partial charge in [-0.3, -0.25) is 0 Å². The van der Waals surface area contributed by atoms with Crippen molar-refractivity contribution in [1.29, 1.82) is 0 Å². The van der Waals surface area contributed by atoms with E-state index in [4.69, 9.17) is 0 Å². The van der Waals surface area contributed by atoms with Crippen LogP contribution in [-0.2, 0) is 10.0 Å². The van der Waals surface area contributed by atoms with Gasteiger partial charge < -0.3 is 4.90 Å². The van der Waals surface area contributed by atoms with Gasteiger partial charge in [0.15, 0.2) is 0 Å². The van der Waals surface area contributed by atoms with Crippen LogP contribution in [0.15, 0.2) is 57.9 Å². The first-order valence-corrected chi connectivity index (χ1v) is 9.24. The molecule has 0 aliphatic rings. The fraction of sp³-hybridized carbons (Fsp3) is 0.250. The van der Waals surface area contributed by atoms with Gasteiger partial charge in [-0.15, -0.1) is 0 Å². The van der Waals surface area contributed by atoms with Gasteiger partial charge in [-0.05, 0) is 56.1 Å². The number of halogens is 2. The van der Waals surface area contributed by atoms with Gasteiger partial charge in [-0.2, -0.15) is 0 Å². The molecule has 0 radical (unpaired) electrons. The molecule has 7 heteroatoms. The smallest absolute Gasteiger partial charge is 0.240 e. The minimum Gasteiger partial charge on any atom is -0.301 e. The summed E-state index contributed by atoms with van der Waals surface area (Å²) in [5.41, 5.74) is 0.843. The van der Waals surface area contributed by atoms with E-state index in [2.05, 4.69) is 20.7 Å². The monoisotopic (exact) mass is 400 g/mol. The number of nitrogens with one attached hydrogen (secondary N) is 1. The van der Waals surface area contributed by atoms with Gasteiger partial charge in [0.25, 0.3) is 0 Å². The average Bonchev–Trinajstić information content (AvgIpc) is 2.49. The molecule has 23 heavy (non-hydrogen) atoms. The molecule has 1 atom stereocenters. The fourth-order valence-electron chi connectivity index (χ4n) is 2.17.